The molecule has 0 N–H and O–H groups in total. The molecule has 0 saturated carbocycles. The number of nitrogens with zero attached hydrogens (tertiary/aromatic N) is 1. The first-order chi connectivity index (χ1) is 19.8. The van der Waals surface area contributed by atoms with Gasteiger partial charge in [0.2, 0.25) is 0 Å². The monoisotopic (exact) mass is 511 g/mol. The summed E-state index contributed by atoms with van der Waals surface area (Å²) in [6.07, 6.45) is 0. The van der Waals surface area contributed by atoms with Crippen molar-refractivity contribution in [2.45, 2.75) is 0 Å². The molecule has 186 valence electrons. The summed E-state index contributed by atoms with van der Waals surface area (Å²) in [7, 11) is 0. The van der Waals surface area contributed by atoms with E-state index in [9.17, 15) is 5.26 Å². The van der Waals surface area contributed by atoms with Crippen molar-refractivity contribution in [2.24, 2.45) is 0 Å². The van der Waals surface area contributed by atoms with Gasteiger partial charge in [-0.1, -0.05) is 72.8 Å². The normalized spacial score (nSPS) is 11.5. The lowest BCUT2D eigenvalue weighted by Gasteiger charge is -2.13. The molecule has 0 bridgehead atoms. The third-order valence-electron chi connectivity index (χ3n) is 7.69. The van der Waals surface area contributed by atoms with Crippen molar-refractivity contribution in [2.75, 3.05) is 0 Å². The van der Waals surface area contributed by atoms with Crippen molar-refractivity contribution in [3.63, 3.8) is 0 Å². The van der Waals surface area contributed by atoms with Crippen molar-refractivity contribution in [1.82, 2.24) is 0 Å². The van der Waals surface area contributed by atoms with Gasteiger partial charge in [0.05, 0.1) is 11.6 Å². The van der Waals surface area contributed by atoms with Crippen LogP contribution in [0.25, 0.3) is 77.3 Å². The highest BCUT2D eigenvalue weighted by Crippen LogP contribution is 2.42. The number of rotatable bonds is 3. The molecule has 0 radical (unpaired) electrons. The minimum atomic E-state index is 0.635. The standard InChI is InChI=1S/C37H21NO2/c38-22-23-8-5-9-24(18-23)25-19-26(28-12-6-16-34-36(28)30-10-1-3-14-32(30)39-34)21-27(20-25)29-13-7-17-35-37(29)31-11-2-4-15-33(31)40-35/h1-21H. The SMILES string of the molecule is N#Cc1cccc(-c2cc(-c3cccc4oc5ccccc5c34)cc(-c3cccc4oc5ccccc5c34)c2)c1. The third kappa shape index (κ3) is 3.44. The van der Waals surface area contributed by atoms with Gasteiger partial charge in [0.1, 0.15) is 22.3 Å². The van der Waals surface area contributed by atoms with Crippen LogP contribution in [0.5, 0.6) is 0 Å². The summed E-state index contributed by atoms with van der Waals surface area (Å²) in [6, 6.07) is 45.6. The largest absolute Gasteiger partial charge is 0.456 e. The topological polar surface area (TPSA) is 50.1 Å². The van der Waals surface area contributed by atoms with Crippen LogP contribution in [0.4, 0.5) is 0 Å². The number of para-hydroxylation sites is 2. The minimum Gasteiger partial charge on any atom is -0.456 e. The fourth-order valence-corrected chi connectivity index (χ4v) is 5.90. The molecule has 0 fully saturated rings. The van der Waals surface area contributed by atoms with Gasteiger partial charge < -0.3 is 8.83 Å². The van der Waals surface area contributed by atoms with Gasteiger partial charge in [-0.2, -0.15) is 5.26 Å². The first-order valence-electron chi connectivity index (χ1n) is 13.2. The summed E-state index contributed by atoms with van der Waals surface area (Å²) in [4.78, 5) is 0. The smallest absolute Gasteiger partial charge is 0.136 e. The second kappa shape index (κ2) is 8.73. The second-order valence-corrected chi connectivity index (χ2v) is 10.0. The van der Waals surface area contributed by atoms with Crippen LogP contribution in [0.2, 0.25) is 0 Å². The Labute approximate surface area is 230 Å². The molecule has 8 rings (SSSR count). The highest BCUT2D eigenvalue weighted by Gasteiger charge is 2.17. The van der Waals surface area contributed by atoms with E-state index in [0.29, 0.717) is 5.56 Å². The maximum absolute atomic E-state index is 9.59. The van der Waals surface area contributed by atoms with E-state index in [-0.39, 0.29) is 0 Å². The van der Waals surface area contributed by atoms with Crippen LogP contribution in [0.1, 0.15) is 5.56 Å². The van der Waals surface area contributed by atoms with Crippen LogP contribution in [0, 0.1) is 11.3 Å². The lowest BCUT2D eigenvalue weighted by Crippen LogP contribution is -1.88. The Morgan fingerprint density at radius 3 is 1.50 bits per heavy atom. The van der Waals surface area contributed by atoms with E-state index in [1.807, 2.05) is 78.9 Å². The van der Waals surface area contributed by atoms with Crippen molar-refractivity contribution in [3.8, 4) is 39.4 Å². The predicted molar refractivity (Wildman–Crippen MR) is 162 cm³/mol. The Kier molecular flexibility index (Phi) is 4.89. The van der Waals surface area contributed by atoms with Gasteiger partial charge in [-0.05, 0) is 88.0 Å². The average Bonchev–Trinajstić information content (AvgIpc) is 3.59. The lowest BCUT2D eigenvalue weighted by atomic mass is 9.90. The van der Waals surface area contributed by atoms with Gasteiger partial charge >= 0.3 is 0 Å². The summed E-state index contributed by atoms with van der Waals surface area (Å²) in [5.74, 6) is 0. The van der Waals surface area contributed by atoms with Gasteiger partial charge in [-0.25, -0.2) is 0 Å². The number of benzene rings is 6. The molecule has 3 heteroatoms. The Balaban J connectivity index is 1.46. The molecule has 0 unspecified atom stereocenters. The third-order valence-corrected chi connectivity index (χ3v) is 7.69. The highest BCUT2D eigenvalue weighted by atomic mass is 16.3. The van der Waals surface area contributed by atoms with Crippen molar-refractivity contribution in [3.05, 3.63) is 133 Å². The Morgan fingerprint density at radius 1 is 0.425 bits per heavy atom. The number of hydrogen-bond acceptors (Lipinski definition) is 3. The van der Waals surface area contributed by atoms with Gasteiger partial charge in [-0.15, -0.1) is 0 Å². The minimum absolute atomic E-state index is 0.635. The summed E-state index contributed by atoms with van der Waals surface area (Å²) >= 11 is 0. The van der Waals surface area contributed by atoms with Crippen LogP contribution in [0.3, 0.4) is 0 Å². The molecule has 0 amide bonds. The Morgan fingerprint density at radius 2 is 0.925 bits per heavy atom. The van der Waals surface area contributed by atoms with Crippen molar-refractivity contribution < 1.29 is 8.83 Å². The van der Waals surface area contributed by atoms with E-state index >= 15 is 0 Å². The fraction of sp³-hybridized carbons (Fsp3) is 0. The Bertz CT molecular complexity index is 2160. The molecule has 0 aliphatic heterocycles. The summed E-state index contributed by atoms with van der Waals surface area (Å²) in [6.45, 7) is 0. The quantitative estimate of drug-likeness (QED) is 0.237. The van der Waals surface area contributed by atoms with E-state index in [4.69, 9.17) is 8.83 Å². The molecule has 0 saturated heterocycles. The van der Waals surface area contributed by atoms with Crippen LogP contribution < -0.4 is 0 Å². The molecule has 0 aliphatic rings. The zero-order chi connectivity index (χ0) is 26.6. The Hall–Kier alpha value is -5.59. The maximum Gasteiger partial charge on any atom is 0.136 e. The van der Waals surface area contributed by atoms with E-state index < -0.39 is 0 Å². The predicted octanol–water partition coefficient (Wildman–Crippen LogP) is 10.4. The number of nitriles is 1. The van der Waals surface area contributed by atoms with Crippen molar-refractivity contribution >= 4 is 43.9 Å². The zero-order valence-corrected chi connectivity index (χ0v) is 21.4. The molecule has 6 aromatic carbocycles. The molecule has 0 atom stereocenters. The molecular formula is C37H21NO2. The van der Waals surface area contributed by atoms with Crippen molar-refractivity contribution in [1.29, 1.82) is 5.26 Å². The van der Waals surface area contributed by atoms with Crippen LogP contribution >= 0.6 is 0 Å². The van der Waals surface area contributed by atoms with E-state index in [2.05, 4.69) is 54.6 Å². The summed E-state index contributed by atoms with van der Waals surface area (Å²) in [5.41, 5.74) is 10.5. The molecule has 0 spiro atoms. The van der Waals surface area contributed by atoms with E-state index in [1.54, 1.807) is 0 Å². The van der Waals surface area contributed by atoms with Gasteiger partial charge in [0, 0.05) is 21.5 Å². The maximum atomic E-state index is 9.59. The van der Waals surface area contributed by atoms with E-state index in [0.717, 1.165) is 77.3 Å². The average molecular weight is 512 g/mol. The summed E-state index contributed by atoms with van der Waals surface area (Å²) in [5, 5.41) is 14.0. The van der Waals surface area contributed by atoms with E-state index in [1.165, 1.54) is 0 Å². The highest BCUT2D eigenvalue weighted by molar-refractivity contribution is 6.14. The molecule has 40 heavy (non-hydrogen) atoms. The van der Waals surface area contributed by atoms with Gasteiger partial charge in [0.15, 0.2) is 0 Å². The van der Waals surface area contributed by atoms with Crippen LogP contribution in [-0.2, 0) is 0 Å². The molecular weight excluding hydrogens is 490 g/mol. The van der Waals surface area contributed by atoms with Crippen LogP contribution in [0.15, 0.2) is 136 Å². The first kappa shape index (κ1) is 22.4. The van der Waals surface area contributed by atoms with Crippen LogP contribution in [-0.4, -0.2) is 0 Å². The zero-order valence-electron chi connectivity index (χ0n) is 21.4. The first-order valence-corrected chi connectivity index (χ1v) is 13.2. The molecule has 3 nitrogen and oxygen atoms in total. The number of fused-ring (bicyclic) bond motifs is 6. The second-order valence-electron chi connectivity index (χ2n) is 10.0. The molecule has 2 aromatic heterocycles. The van der Waals surface area contributed by atoms with Gasteiger partial charge in [0.25, 0.3) is 0 Å². The van der Waals surface area contributed by atoms with Gasteiger partial charge in [-0.3, -0.25) is 0 Å². The molecule has 8 aromatic rings. The number of hydrogen-bond donors (Lipinski definition) is 0. The molecule has 0 aliphatic carbocycles. The molecule has 2 heterocycles. The summed E-state index contributed by atoms with van der Waals surface area (Å²) < 4.78 is 12.4. The fourth-order valence-electron chi connectivity index (χ4n) is 5.90. The number of furan rings is 2. The lowest BCUT2D eigenvalue weighted by molar-refractivity contribution is 0.668.